The lowest BCUT2D eigenvalue weighted by Gasteiger charge is -2.10. The van der Waals surface area contributed by atoms with Gasteiger partial charge >= 0.3 is 10.1 Å². The molecule has 0 saturated heterocycles. The van der Waals surface area contributed by atoms with E-state index < -0.39 is 10.1 Å². The van der Waals surface area contributed by atoms with Crippen LogP contribution in [0.3, 0.4) is 0 Å². The van der Waals surface area contributed by atoms with E-state index in [0.29, 0.717) is 12.0 Å². The molecular weight excluding hydrogens is 515 g/mol. The van der Waals surface area contributed by atoms with E-state index in [1.165, 1.54) is 12.1 Å². The second-order valence-electron chi connectivity index (χ2n) is 6.97. The van der Waals surface area contributed by atoms with Crippen molar-refractivity contribution >= 4 is 32.7 Å². The number of nitrogens with zero attached hydrogens (tertiary/aromatic N) is 1. The Bertz CT molecular complexity index is 1040. The molecule has 0 aliphatic rings. The van der Waals surface area contributed by atoms with E-state index in [1.54, 1.807) is 12.1 Å². The highest BCUT2D eigenvalue weighted by Gasteiger charge is 2.22. The average molecular weight is 542 g/mol. The normalized spacial score (nSPS) is 11.0. The summed E-state index contributed by atoms with van der Waals surface area (Å²) in [5.41, 5.74) is 3.43. The second kappa shape index (κ2) is 10.8. The Morgan fingerprint density at radius 1 is 1.00 bits per heavy atom. The summed E-state index contributed by atoms with van der Waals surface area (Å²) >= 11 is 2.15. The van der Waals surface area contributed by atoms with Crippen molar-refractivity contribution in [3.63, 3.8) is 0 Å². The summed E-state index contributed by atoms with van der Waals surface area (Å²) in [6.07, 6.45) is 0.595. The number of halogens is 1. The molecule has 1 aromatic heterocycles. The van der Waals surface area contributed by atoms with Crippen LogP contribution in [0.15, 0.2) is 53.4 Å². The number of benzene rings is 2. The molecule has 6 nitrogen and oxygen atoms in total. The molecule has 3 rings (SSSR count). The Labute approximate surface area is 192 Å². The standard InChI is InChI=1S/C21H24N2O4S.CH3I/c1-14(2)26-18-9-7-17(8-10-18)13-20-16(4)22-23-21(20)27-28(24,25)19-11-5-15(3)6-12-19;1-2/h5-12,14H,13H2,1-4H3,(H,22,23);1H3. The van der Waals surface area contributed by atoms with Crippen LogP contribution in [0.25, 0.3) is 0 Å². The number of ether oxygens (including phenoxy) is 1. The highest BCUT2D eigenvalue weighted by molar-refractivity contribution is 14.1. The predicted molar refractivity (Wildman–Crippen MR) is 127 cm³/mol. The molecule has 30 heavy (non-hydrogen) atoms. The minimum Gasteiger partial charge on any atom is -0.491 e. The maximum Gasteiger partial charge on any atom is 0.340 e. The third kappa shape index (κ3) is 6.46. The molecular formula is C22H27IN2O4S. The van der Waals surface area contributed by atoms with Gasteiger partial charge in [0, 0.05) is 17.7 Å². The fourth-order valence-corrected chi connectivity index (χ4v) is 3.64. The topological polar surface area (TPSA) is 81.3 Å². The molecule has 2 aromatic carbocycles. The Morgan fingerprint density at radius 3 is 2.17 bits per heavy atom. The van der Waals surface area contributed by atoms with E-state index in [2.05, 4.69) is 32.8 Å². The minimum absolute atomic E-state index is 0.0700. The summed E-state index contributed by atoms with van der Waals surface area (Å²) in [7, 11) is -3.95. The number of alkyl halides is 1. The van der Waals surface area contributed by atoms with Crippen LogP contribution in [-0.4, -0.2) is 29.6 Å². The van der Waals surface area contributed by atoms with Crippen molar-refractivity contribution in [3.05, 3.63) is 70.9 Å². The van der Waals surface area contributed by atoms with Gasteiger partial charge in [-0.15, -0.1) is 5.10 Å². The molecule has 1 N–H and O–H groups in total. The van der Waals surface area contributed by atoms with Gasteiger partial charge in [-0.2, -0.15) is 8.42 Å². The van der Waals surface area contributed by atoms with E-state index in [-0.39, 0.29) is 16.9 Å². The van der Waals surface area contributed by atoms with Crippen LogP contribution in [0, 0.1) is 13.8 Å². The third-order valence-corrected chi connectivity index (χ3v) is 5.44. The summed E-state index contributed by atoms with van der Waals surface area (Å²) in [5, 5.41) is 6.86. The number of hydrogen-bond acceptors (Lipinski definition) is 5. The number of hydrogen-bond donors (Lipinski definition) is 1. The number of aryl methyl sites for hydroxylation is 2. The van der Waals surface area contributed by atoms with Crippen molar-refractivity contribution in [3.8, 4) is 11.6 Å². The lowest BCUT2D eigenvalue weighted by Crippen LogP contribution is -2.11. The van der Waals surface area contributed by atoms with Crippen molar-refractivity contribution in [2.75, 3.05) is 4.93 Å². The monoisotopic (exact) mass is 542 g/mol. The lowest BCUT2D eigenvalue weighted by molar-refractivity contribution is 0.242. The van der Waals surface area contributed by atoms with Gasteiger partial charge in [0.25, 0.3) is 5.88 Å². The van der Waals surface area contributed by atoms with Crippen molar-refractivity contribution in [1.29, 1.82) is 0 Å². The van der Waals surface area contributed by atoms with Gasteiger partial charge in [-0.25, -0.2) is 0 Å². The van der Waals surface area contributed by atoms with Gasteiger partial charge < -0.3 is 8.92 Å². The fourth-order valence-electron chi connectivity index (χ4n) is 2.73. The number of rotatable bonds is 7. The van der Waals surface area contributed by atoms with Gasteiger partial charge in [0.05, 0.1) is 6.10 Å². The van der Waals surface area contributed by atoms with Crippen LogP contribution in [0.5, 0.6) is 11.6 Å². The van der Waals surface area contributed by atoms with Crippen molar-refractivity contribution in [1.82, 2.24) is 10.2 Å². The van der Waals surface area contributed by atoms with Crippen LogP contribution in [0.1, 0.15) is 36.2 Å². The van der Waals surface area contributed by atoms with Crippen molar-refractivity contribution in [2.45, 2.75) is 45.1 Å². The first-order valence-electron chi connectivity index (χ1n) is 9.43. The third-order valence-electron chi connectivity index (χ3n) is 4.21. The quantitative estimate of drug-likeness (QED) is 0.252. The zero-order valence-corrected chi connectivity index (χ0v) is 20.7. The van der Waals surface area contributed by atoms with Crippen LogP contribution in [-0.2, 0) is 16.5 Å². The van der Waals surface area contributed by atoms with E-state index in [4.69, 9.17) is 8.92 Å². The molecule has 1 heterocycles. The first kappa shape index (κ1) is 24.2. The first-order valence-corrected chi connectivity index (χ1v) is 13.0. The van der Waals surface area contributed by atoms with E-state index in [0.717, 1.165) is 22.6 Å². The Kier molecular flexibility index (Phi) is 8.72. The molecule has 0 aliphatic heterocycles. The molecule has 0 fully saturated rings. The first-order chi connectivity index (χ1) is 14.2. The summed E-state index contributed by atoms with van der Waals surface area (Å²) < 4.78 is 36.1. The molecule has 0 spiro atoms. The van der Waals surface area contributed by atoms with Crippen LogP contribution in [0.2, 0.25) is 0 Å². The zero-order valence-electron chi connectivity index (χ0n) is 17.8. The lowest BCUT2D eigenvalue weighted by atomic mass is 10.1. The summed E-state index contributed by atoms with van der Waals surface area (Å²) in [6.45, 7) is 7.68. The Morgan fingerprint density at radius 2 is 1.60 bits per heavy atom. The molecule has 0 saturated carbocycles. The molecule has 0 amide bonds. The fraction of sp³-hybridized carbons (Fsp3) is 0.318. The molecule has 0 radical (unpaired) electrons. The Hall–Kier alpha value is -2.07. The molecule has 3 aromatic rings. The summed E-state index contributed by atoms with van der Waals surface area (Å²) in [6, 6.07) is 14.2. The van der Waals surface area contributed by atoms with Crippen molar-refractivity contribution < 1.29 is 17.3 Å². The summed E-state index contributed by atoms with van der Waals surface area (Å²) in [4.78, 5) is 2.07. The maximum absolute atomic E-state index is 12.6. The number of H-pyrrole nitrogens is 1. The molecule has 162 valence electrons. The van der Waals surface area contributed by atoms with E-state index >= 15 is 0 Å². The molecule has 0 aliphatic carbocycles. The van der Waals surface area contributed by atoms with Crippen LogP contribution in [0.4, 0.5) is 0 Å². The van der Waals surface area contributed by atoms with Gasteiger partial charge in [0.15, 0.2) is 0 Å². The van der Waals surface area contributed by atoms with Crippen LogP contribution >= 0.6 is 22.6 Å². The van der Waals surface area contributed by atoms with Crippen LogP contribution < -0.4 is 8.92 Å². The predicted octanol–water partition coefficient (Wildman–Crippen LogP) is 5.22. The maximum atomic E-state index is 12.6. The van der Waals surface area contributed by atoms with Crippen molar-refractivity contribution in [2.24, 2.45) is 0 Å². The zero-order chi connectivity index (χ0) is 22.3. The van der Waals surface area contributed by atoms with Gasteiger partial charge in [0.1, 0.15) is 10.6 Å². The van der Waals surface area contributed by atoms with E-state index in [1.807, 2.05) is 56.9 Å². The van der Waals surface area contributed by atoms with E-state index in [9.17, 15) is 8.42 Å². The molecule has 0 bridgehead atoms. The number of aromatic nitrogens is 2. The van der Waals surface area contributed by atoms with Gasteiger partial charge in [-0.1, -0.05) is 52.4 Å². The smallest absolute Gasteiger partial charge is 0.340 e. The summed E-state index contributed by atoms with van der Waals surface area (Å²) in [5.74, 6) is 0.863. The van der Waals surface area contributed by atoms with Gasteiger partial charge in [0.2, 0.25) is 0 Å². The molecule has 8 heteroatoms. The second-order valence-corrected chi connectivity index (χ2v) is 8.52. The van der Waals surface area contributed by atoms with Gasteiger partial charge in [-0.3, -0.25) is 5.10 Å². The number of aromatic amines is 1. The SMILES string of the molecule is CI.Cc1ccc(S(=O)(=O)Oc2n[nH]c(C)c2Cc2ccc(OC(C)C)cc2)cc1. The average Bonchev–Trinajstić information content (AvgIpc) is 3.04. The Balaban J connectivity index is 0.00000155. The highest BCUT2D eigenvalue weighted by Crippen LogP contribution is 2.26. The minimum atomic E-state index is -3.95. The number of nitrogens with one attached hydrogen (secondary N) is 1. The largest absolute Gasteiger partial charge is 0.491 e. The molecule has 0 unspecified atom stereocenters. The molecule has 0 atom stereocenters. The highest BCUT2D eigenvalue weighted by atomic mass is 127. The van der Waals surface area contributed by atoms with Gasteiger partial charge in [-0.05, 0) is 62.5 Å².